The Balaban J connectivity index is 0.00000280. The summed E-state index contributed by atoms with van der Waals surface area (Å²) in [5.74, 6) is 1.64. The van der Waals surface area contributed by atoms with E-state index >= 15 is 0 Å². The van der Waals surface area contributed by atoms with Crippen molar-refractivity contribution in [1.82, 2.24) is 20.0 Å². The number of hydrogen-bond donors (Lipinski definition) is 2. The zero-order valence-electron chi connectivity index (χ0n) is 16.4. The van der Waals surface area contributed by atoms with Crippen molar-refractivity contribution >= 4 is 35.6 Å². The molecule has 28 heavy (non-hydrogen) atoms. The molecule has 3 heterocycles. The van der Waals surface area contributed by atoms with Crippen molar-refractivity contribution in [3.8, 4) is 0 Å². The van der Waals surface area contributed by atoms with Crippen LogP contribution in [0.3, 0.4) is 0 Å². The van der Waals surface area contributed by atoms with Crippen LogP contribution >= 0.6 is 24.0 Å². The number of aryl methyl sites for hydroxylation is 1. The molecule has 2 N–H and O–H groups in total. The SMILES string of the molecule is CCNC(=NCc1cn2c(C)cccc2n1)NCCCOCc1ccco1.I. The van der Waals surface area contributed by atoms with Crippen molar-refractivity contribution in [3.05, 3.63) is 59.9 Å². The first-order valence-corrected chi connectivity index (χ1v) is 9.32. The molecule has 0 unspecified atom stereocenters. The second-order valence-electron chi connectivity index (χ2n) is 6.24. The van der Waals surface area contributed by atoms with Gasteiger partial charge in [0.05, 0.1) is 18.5 Å². The summed E-state index contributed by atoms with van der Waals surface area (Å²) in [4.78, 5) is 9.25. The molecule has 0 spiro atoms. The summed E-state index contributed by atoms with van der Waals surface area (Å²) < 4.78 is 12.9. The number of halogens is 1. The predicted molar refractivity (Wildman–Crippen MR) is 121 cm³/mol. The van der Waals surface area contributed by atoms with Crippen LogP contribution in [-0.4, -0.2) is 35.0 Å². The van der Waals surface area contributed by atoms with Crippen molar-refractivity contribution < 1.29 is 9.15 Å². The van der Waals surface area contributed by atoms with Gasteiger partial charge >= 0.3 is 0 Å². The minimum atomic E-state index is 0. The fourth-order valence-corrected chi connectivity index (χ4v) is 2.73. The van der Waals surface area contributed by atoms with Crippen LogP contribution in [0.4, 0.5) is 0 Å². The number of pyridine rings is 1. The van der Waals surface area contributed by atoms with Gasteiger partial charge in [-0.3, -0.25) is 0 Å². The van der Waals surface area contributed by atoms with Gasteiger partial charge in [-0.05, 0) is 44.5 Å². The average Bonchev–Trinajstić information content (AvgIpc) is 3.32. The number of nitrogens with zero attached hydrogens (tertiary/aromatic N) is 3. The van der Waals surface area contributed by atoms with Gasteiger partial charge in [-0.25, -0.2) is 9.98 Å². The summed E-state index contributed by atoms with van der Waals surface area (Å²) in [6.07, 6.45) is 4.59. The quantitative estimate of drug-likeness (QED) is 0.205. The Kier molecular flexibility index (Phi) is 9.29. The highest BCUT2D eigenvalue weighted by Gasteiger charge is 2.03. The maximum absolute atomic E-state index is 5.59. The first kappa shape index (κ1) is 22.2. The number of fused-ring (bicyclic) bond motifs is 1. The van der Waals surface area contributed by atoms with Gasteiger partial charge in [0.2, 0.25) is 0 Å². The lowest BCUT2D eigenvalue weighted by Gasteiger charge is -2.11. The molecule has 0 aliphatic rings. The zero-order valence-corrected chi connectivity index (χ0v) is 18.7. The molecule has 0 fully saturated rings. The molecule has 152 valence electrons. The lowest BCUT2D eigenvalue weighted by Crippen LogP contribution is -2.38. The van der Waals surface area contributed by atoms with Crippen LogP contribution in [0.1, 0.15) is 30.5 Å². The molecule has 0 radical (unpaired) electrons. The molecule has 3 aromatic rings. The van der Waals surface area contributed by atoms with Crippen LogP contribution in [0.25, 0.3) is 5.65 Å². The van der Waals surface area contributed by atoms with Crippen LogP contribution in [0.5, 0.6) is 0 Å². The molecule has 0 amide bonds. The second kappa shape index (κ2) is 11.7. The number of rotatable bonds is 9. The van der Waals surface area contributed by atoms with Gasteiger partial charge in [0, 0.05) is 31.6 Å². The number of furan rings is 1. The number of nitrogens with one attached hydrogen (secondary N) is 2. The molecule has 0 atom stereocenters. The largest absolute Gasteiger partial charge is 0.467 e. The van der Waals surface area contributed by atoms with E-state index < -0.39 is 0 Å². The Morgan fingerprint density at radius 1 is 1.25 bits per heavy atom. The van der Waals surface area contributed by atoms with Crippen molar-refractivity contribution in [2.24, 2.45) is 4.99 Å². The summed E-state index contributed by atoms with van der Waals surface area (Å²) in [5.41, 5.74) is 3.06. The highest BCUT2D eigenvalue weighted by molar-refractivity contribution is 14.0. The molecule has 0 bridgehead atoms. The highest BCUT2D eigenvalue weighted by Crippen LogP contribution is 2.09. The van der Waals surface area contributed by atoms with Crippen LogP contribution in [0, 0.1) is 6.92 Å². The van der Waals surface area contributed by atoms with E-state index in [0.717, 1.165) is 48.3 Å². The summed E-state index contributed by atoms with van der Waals surface area (Å²) in [6, 6.07) is 9.87. The first-order valence-electron chi connectivity index (χ1n) is 9.32. The number of guanidine groups is 1. The third-order valence-electron chi connectivity index (χ3n) is 4.07. The fraction of sp³-hybridized carbons (Fsp3) is 0.400. The minimum absolute atomic E-state index is 0. The minimum Gasteiger partial charge on any atom is -0.467 e. The molecule has 7 nitrogen and oxygen atoms in total. The Labute approximate surface area is 182 Å². The number of aromatic nitrogens is 2. The van der Waals surface area contributed by atoms with Crippen molar-refractivity contribution in [2.75, 3.05) is 19.7 Å². The smallest absolute Gasteiger partial charge is 0.191 e. The van der Waals surface area contributed by atoms with E-state index in [1.165, 1.54) is 0 Å². The van der Waals surface area contributed by atoms with Crippen LogP contribution in [0.15, 0.2) is 52.2 Å². The van der Waals surface area contributed by atoms with E-state index in [0.29, 0.717) is 19.8 Å². The maximum atomic E-state index is 5.59. The predicted octanol–water partition coefficient (Wildman–Crippen LogP) is 3.52. The molecule has 0 aliphatic heterocycles. The van der Waals surface area contributed by atoms with Gasteiger partial charge in [-0.1, -0.05) is 6.07 Å². The highest BCUT2D eigenvalue weighted by atomic mass is 127. The zero-order chi connectivity index (χ0) is 18.9. The second-order valence-corrected chi connectivity index (χ2v) is 6.24. The van der Waals surface area contributed by atoms with Gasteiger partial charge in [-0.15, -0.1) is 24.0 Å². The van der Waals surface area contributed by atoms with Crippen LogP contribution in [-0.2, 0) is 17.9 Å². The van der Waals surface area contributed by atoms with E-state index in [-0.39, 0.29) is 24.0 Å². The van der Waals surface area contributed by atoms with Gasteiger partial charge in [0.25, 0.3) is 0 Å². The first-order chi connectivity index (χ1) is 13.3. The van der Waals surface area contributed by atoms with Crippen LogP contribution < -0.4 is 10.6 Å². The molecule has 0 saturated heterocycles. The molecular formula is C20H28IN5O2. The van der Waals surface area contributed by atoms with Gasteiger partial charge in [0.1, 0.15) is 18.0 Å². The Morgan fingerprint density at radius 2 is 2.14 bits per heavy atom. The van der Waals surface area contributed by atoms with Gasteiger partial charge in [-0.2, -0.15) is 0 Å². The summed E-state index contributed by atoms with van der Waals surface area (Å²) in [6.45, 7) is 7.43. The average molecular weight is 497 g/mol. The Bertz CT molecular complexity index is 861. The number of hydrogen-bond acceptors (Lipinski definition) is 4. The summed E-state index contributed by atoms with van der Waals surface area (Å²) in [7, 11) is 0. The molecule has 3 aromatic heterocycles. The van der Waals surface area contributed by atoms with E-state index in [1.54, 1.807) is 6.26 Å². The third kappa shape index (κ3) is 6.52. The van der Waals surface area contributed by atoms with Gasteiger partial charge < -0.3 is 24.2 Å². The van der Waals surface area contributed by atoms with E-state index in [9.17, 15) is 0 Å². The number of ether oxygens (including phenoxy) is 1. The molecule has 0 aromatic carbocycles. The summed E-state index contributed by atoms with van der Waals surface area (Å²) >= 11 is 0. The fourth-order valence-electron chi connectivity index (χ4n) is 2.73. The van der Waals surface area contributed by atoms with Crippen molar-refractivity contribution in [3.63, 3.8) is 0 Å². The molecule has 0 aliphatic carbocycles. The number of imidazole rings is 1. The van der Waals surface area contributed by atoms with Crippen molar-refractivity contribution in [1.29, 1.82) is 0 Å². The summed E-state index contributed by atoms with van der Waals surface area (Å²) in [5, 5.41) is 6.59. The lowest BCUT2D eigenvalue weighted by molar-refractivity contribution is 0.105. The topological polar surface area (TPSA) is 76.1 Å². The lowest BCUT2D eigenvalue weighted by atomic mass is 10.4. The number of aliphatic imine (C=N–C) groups is 1. The van der Waals surface area contributed by atoms with Crippen LogP contribution in [0.2, 0.25) is 0 Å². The van der Waals surface area contributed by atoms with Crippen molar-refractivity contribution in [2.45, 2.75) is 33.4 Å². The Hall–Kier alpha value is -2.07. The van der Waals surface area contributed by atoms with E-state index in [2.05, 4.69) is 44.9 Å². The normalized spacial score (nSPS) is 11.4. The van der Waals surface area contributed by atoms with Gasteiger partial charge in [0.15, 0.2) is 5.96 Å². The monoisotopic (exact) mass is 497 g/mol. The molecule has 0 saturated carbocycles. The Morgan fingerprint density at radius 3 is 2.89 bits per heavy atom. The third-order valence-corrected chi connectivity index (χ3v) is 4.07. The molecule has 3 rings (SSSR count). The maximum Gasteiger partial charge on any atom is 0.191 e. The molecular weight excluding hydrogens is 469 g/mol. The van der Waals surface area contributed by atoms with E-state index in [4.69, 9.17) is 9.15 Å². The standard InChI is InChI=1S/C20H27N5O2.HI/c1-3-21-20(22-10-6-11-26-15-18-8-5-12-27-18)23-13-17-14-25-16(2)7-4-9-19(25)24-17;/h4-5,7-9,12,14H,3,6,10-11,13,15H2,1-2H3,(H2,21,22,23);1H. The van der Waals surface area contributed by atoms with E-state index in [1.807, 2.05) is 30.5 Å². The molecule has 8 heteroatoms.